The average Bonchev–Trinajstić information content (AvgIpc) is 2.21. The van der Waals surface area contributed by atoms with Crippen molar-refractivity contribution in [1.82, 2.24) is 4.98 Å². The summed E-state index contributed by atoms with van der Waals surface area (Å²) in [5, 5.41) is 0. The van der Waals surface area contributed by atoms with Gasteiger partial charge < -0.3 is 0 Å². The zero-order chi connectivity index (χ0) is 10.3. The molecule has 0 aliphatic carbocycles. The van der Waals surface area contributed by atoms with E-state index in [-0.39, 0.29) is 5.78 Å². The van der Waals surface area contributed by atoms with E-state index in [2.05, 4.69) is 4.98 Å². The molecule has 0 radical (unpaired) electrons. The van der Waals surface area contributed by atoms with Crippen LogP contribution in [-0.4, -0.2) is 10.8 Å². The molecule has 0 fully saturated rings. The second-order valence-corrected chi connectivity index (χ2v) is 2.46. The van der Waals surface area contributed by atoms with E-state index in [1.54, 1.807) is 6.20 Å². The van der Waals surface area contributed by atoms with Gasteiger partial charge in [-0.3, -0.25) is 9.78 Å². The average molecular weight is 179 g/mol. The summed E-state index contributed by atoms with van der Waals surface area (Å²) in [6.07, 6.45) is 2.17. The Morgan fingerprint density at radius 1 is 1.38 bits per heavy atom. The lowest BCUT2D eigenvalue weighted by atomic mass is 10.1. The first-order valence-electron chi connectivity index (χ1n) is 4.70. The third kappa shape index (κ3) is 3.83. The fourth-order valence-corrected chi connectivity index (χ4v) is 0.837. The summed E-state index contributed by atoms with van der Waals surface area (Å²) in [4.78, 5) is 15.1. The maximum absolute atomic E-state index is 11.1. The molecule has 0 bridgehead atoms. The van der Waals surface area contributed by atoms with Crippen LogP contribution in [0.2, 0.25) is 0 Å². The third-order valence-corrected chi connectivity index (χ3v) is 1.55. The summed E-state index contributed by atoms with van der Waals surface area (Å²) < 4.78 is 0. The first kappa shape index (κ1) is 11.8. The number of carbonyl (C=O) groups excluding carboxylic acids is 1. The zero-order valence-corrected chi connectivity index (χ0v) is 8.79. The van der Waals surface area contributed by atoms with Crippen molar-refractivity contribution in [2.45, 2.75) is 34.1 Å². The summed E-state index contributed by atoms with van der Waals surface area (Å²) in [5.74, 6) is 0.150. The van der Waals surface area contributed by atoms with Crippen LogP contribution in [0.4, 0.5) is 0 Å². The van der Waals surface area contributed by atoms with Gasteiger partial charge in [0, 0.05) is 23.9 Å². The molecule has 0 aromatic carbocycles. The van der Waals surface area contributed by atoms with Gasteiger partial charge in [-0.15, -0.1) is 0 Å². The van der Waals surface area contributed by atoms with E-state index in [0.29, 0.717) is 12.0 Å². The van der Waals surface area contributed by atoms with Crippen molar-refractivity contribution in [3.05, 3.63) is 29.6 Å². The van der Waals surface area contributed by atoms with E-state index in [9.17, 15) is 4.79 Å². The molecule has 1 heterocycles. The number of Topliss-reactive ketones (excluding diaryl/α,β-unsaturated/α-hetero) is 1. The van der Waals surface area contributed by atoms with Crippen LogP contribution in [0.25, 0.3) is 0 Å². The second-order valence-electron chi connectivity index (χ2n) is 2.46. The smallest absolute Gasteiger partial charge is 0.164 e. The number of aromatic nitrogens is 1. The Kier molecular flexibility index (Phi) is 5.77. The number of hydrogen-bond acceptors (Lipinski definition) is 2. The van der Waals surface area contributed by atoms with Crippen molar-refractivity contribution in [3.63, 3.8) is 0 Å². The summed E-state index contributed by atoms with van der Waals surface area (Å²) in [6.45, 7) is 7.75. The Morgan fingerprint density at radius 3 is 2.38 bits per heavy atom. The molecule has 0 aliphatic heterocycles. The Hall–Kier alpha value is -1.18. The van der Waals surface area contributed by atoms with Crippen molar-refractivity contribution in [3.8, 4) is 0 Å². The minimum absolute atomic E-state index is 0.150. The molecule has 0 spiro atoms. The Morgan fingerprint density at radius 2 is 2.00 bits per heavy atom. The van der Waals surface area contributed by atoms with Crippen molar-refractivity contribution >= 4 is 5.78 Å². The highest BCUT2D eigenvalue weighted by atomic mass is 16.1. The molecule has 0 N–H and O–H groups in total. The summed E-state index contributed by atoms with van der Waals surface area (Å²) >= 11 is 0. The lowest BCUT2D eigenvalue weighted by Crippen LogP contribution is -1.97. The molecule has 2 nitrogen and oxygen atoms in total. The van der Waals surface area contributed by atoms with Crippen molar-refractivity contribution in [1.29, 1.82) is 0 Å². The Bertz CT molecular complexity index is 251. The number of rotatable bonds is 2. The number of pyridine rings is 1. The van der Waals surface area contributed by atoms with E-state index >= 15 is 0 Å². The fourth-order valence-electron chi connectivity index (χ4n) is 0.837. The minimum atomic E-state index is 0.150. The molecule has 2 heteroatoms. The van der Waals surface area contributed by atoms with Gasteiger partial charge in [0.1, 0.15) is 0 Å². The van der Waals surface area contributed by atoms with Gasteiger partial charge in [-0.05, 0) is 19.1 Å². The molecular formula is C11H17NO. The van der Waals surface area contributed by atoms with Gasteiger partial charge in [-0.2, -0.15) is 0 Å². The molecule has 1 aromatic heterocycles. The minimum Gasteiger partial charge on any atom is -0.294 e. The number of nitrogens with zero attached hydrogens (tertiary/aromatic N) is 1. The lowest BCUT2D eigenvalue weighted by Gasteiger charge is -1.96. The van der Waals surface area contributed by atoms with Crippen molar-refractivity contribution in [2.24, 2.45) is 0 Å². The first-order chi connectivity index (χ1) is 6.24. The van der Waals surface area contributed by atoms with Crippen LogP contribution in [0.15, 0.2) is 18.3 Å². The number of hydrogen-bond donors (Lipinski definition) is 0. The molecule has 1 rings (SSSR count). The van der Waals surface area contributed by atoms with Gasteiger partial charge in [0.2, 0.25) is 0 Å². The summed E-state index contributed by atoms with van der Waals surface area (Å²) in [7, 11) is 0. The number of carbonyl (C=O) groups is 1. The van der Waals surface area contributed by atoms with Crippen molar-refractivity contribution in [2.75, 3.05) is 0 Å². The van der Waals surface area contributed by atoms with Crippen molar-refractivity contribution < 1.29 is 4.79 Å². The highest BCUT2D eigenvalue weighted by molar-refractivity contribution is 5.95. The lowest BCUT2D eigenvalue weighted by molar-refractivity contribution is 0.0988. The predicted molar refractivity (Wildman–Crippen MR) is 54.9 cm³/mol. The highest BCUT2D eigenvalue weighted by Crippen LogP contribution is 2.02. The van der Waals surface area contributed by atoms with E-state index < -0.39 is 0 Å². The van der Waals surface area contributed by atoms with E-state index in [4.69, 9.17) is 0 Å². The molecule has 72 valence electrons. The van der Waals surface area contributed by atoms with Crippen LogP contribution in [0.5, 0.6) is 0 Å². The zero-order valence-electron chi connectivity index (χ0n) is 8.79. The second kappa shape index (κ2) is 6.35. The molecule has 0 aliphatic rings. The normalized spacial score (nSPS) is 8.62. The molecule has 0 saturated carbocycles. The summed E-state index contributed by atoms with van der Waals surface area (Å²) in [6, 6.07) is 3.66. The van der Waals surface area contributed by atoms with E-state index in [1.165, 1.54) is 0 Å². The predicted octanol–water partition coefficient (Wildman–Crippen LogP) is 3.01. The molecule has 0 amide bonds. The van der Waals surface area contributed by atoms with E-state index in [0.717, 1.165) is 5.69 Å². The molecule has 1 aromatic rings. The molecule has 0 atom stereocenters. The van der Waals surface area contributed by atoms with Crippen LogP contribution in [0, 0.1) is 6.92 Å². The Balaban J connectivity index is 0.000000671. The maximum atomic E-state index is 11.1. The van der Waals surface area contributed by atoms with Gasteiger partial charge >= 0.3 is 0 Å². The summed E-state index contributed by atoms with van der Waals surface area (Å²) in [5.41, 5.74) is 1.65. The third-order valence-electron chi connectivity index (χ3n) is 1.55. The first-order valence-corrected chi connectivity index (χ1v) is 4.70. The van der Waals surface area contributed by atoms with Crippen LogP contribution < -0.4 is 0 Å². The fraction of sp³-hybridized carbons (Fsp3) is 0.455. The SMILES string of the molecule is CC.CCC(=O)c1ccc(C)nc1. The van der Waals surface area contributed by atoms with Crippen LogP contribution in [-0.2, 0) is 0 Å². The molecule has 0 saturated heterocycles. The Labute approximate surface area is 80.0 Å². The van der Waals surface area contributed by atoms with Gasteiger partial charge in [0.15, 0.2) is 5.78 Å². The quantitative estimate of drug-likeness (QED) is 0.653. The maximum Gasteiger partial charge on any atom is 0.164 e. The molecule has 0 unspecified atom stereocenters. The highest BCUT2D eigenvalue weighted by Gasteiger charge is 2.00. The monoisotopic (exact) mass is 179 g/mol. The van der Waals surface area contributed by atoms with Gasteiger partial charge in [-0.25, -0.2) is 0 Å². The van der Waals surface area contributed by atoms with Gasteiger partial charge in [-0.1, -0.05) is 20.8 Å². The van der Waals surface area contributed by atoms with E-state index in [1.807, 2.05) is 39.8 Å². The standard InChI is InChI=1S/C9H11NO.C2H6/c1-3-9(11)8-5-4-7(2)10-6-8;1-2/h4-6H,3H2,1-2H3;1-2H3. The number of aryl methyl sites for hydroxylation is 1. The topological polar surface area (TPSA) is 30.0 Å². The van der Waals surface area contributed by atoms with Gasteiger partial charge in [0.05, 0.1) is 0 Å². The van der Waals surface area contributed by atoms with Gasteiger partial charge in [0.25, 0.3) is 0 Å². The molecule has 13 heavy (non-hydrogen) atoms. The van der Waals surface area contributed by atoms with Crippen LogP contribution >= 0.6 is 0 Å². The molecular weight excluding hydrogens is 162 g/mol. The van der Waals surface area contributed by atoms with Crippen LogP contribution in [0.1, 0.15) is 43.2 Å². The van der Waals surface area contributed by atoms with Crippen LogP contribution in [0.3, 0.4) is 0 Å². The number of ketones is 1. The largest absolute Gasteiger partial charge is 0.294 e.